The van der Waals surface area contributed by atoms with E-state index in [4.69, 9.17) is 11.6 Å². The molecule has 0 bridgehead atoms. The van der Waals surface area contributed by atoms with E-state index >= 15 is 0 Å². The zero-order valence-electron chi connectivity index (χ0n) is 9.98. The van der Waals surface area contributed by atoms with E-state index in [9.17, 15) is 4.79 Å². The number of aryl methyl sites for hydroxylation is 1. The molecule has 1 aromatic carbocycles. The Hall–Kier alpha value is -1.87. The van der Waals surface area contributed by atoms with E-state index in [1.54, 1.807) is 24.4 Å². The molecule has 1 amide bonds. The van der Waals surface area contributed by atoms with Crippen molar-refractivity contribution in [2.75, 3.05) is 5.32 Å². The summed E-state index contributed by atoms with van der Waals surface area (Å²) in [5.41, 5.74) is 2.55. The number of alkyl halides is 1. The molecule has 0 saturated carbocycles. The first-order valence-corrected chi connectivity index (χ1v) is 6.11. The first-order valence-electron chi connectivity index (χ1n) is 5.58. The van der Waals surface area contributed by atoms with Crippen LogP contribution in [0.3, 0.4) is 0 Å². The van der Waals surface area contributed by atoms with Crippen LogP contribution in [-0.2, 0) is 5.88 Å². The van der Waals surface area contributed by atoms with Crippen LogP contribution in [0.1, 0.15) is 21.5 Å². The summed E-state index contributed by atoms with van der Waals surface area (Å²) in [5, 5.41) is 2.74. The lowest BCUT2D eigenvalue weighted by Gasteiger charge is -2.05. The Kier molecular flexibility index (Phi) is 3.95. The molecule has 0 aliphatic heterocycles. The number of hydrogen-bond donors (Lipinski definition) is 1. The molecule has 0 aliphatic carbocycles. The van der Waals surface area contributed by atoms with Crippen LogP contribution in [0.5, 0.6) is 0 Å². The molecule has 2 aromatic rings. The molecular formula is C14H13ClN2O. The van der Waals surface area contributed by atoms with Gasteiger partial charge in [-0.25, -0.2) is 4.98 Å². The number of aromatic nitrogens is 1. The number of pyridine rings is 1. The number of nitrogens with one attached hydrogen (secondary N) is 1. The maximum atomic E-state index is 12.0. The first-order chi connectivity index (χ1) is 8.69. The fourth-order valence-electron chi connectivity index (χ4n) is 1.53. The molecule has 4 heteroatoms. The van der Waals surface area contributed by atoms with Crippen LogP contribution in [0.2, 0.25) is 0 Å². The Labute approximate surface area is 111 Å². The van der Waals surface area contributed by atoms with Gasteiger partial charge in [0.25, 0.3) is 5.91 Å². The minimum atomic E-state index is -0.182. The number of anilines is 1. The Balaban J connectivity index is 2.14. The van der Waals surface area contributed by atoms with E-state index in [1.165, 1.54) is 0 Å². The monoisotopic (exact) mass is 260 g/mol. The number of carbonyl (C=O) groups excluding carboxylic acids is 1. The molecule has 0 radical (unpaired) electrons. The topological polar surface area (TPSA) is 42.0 Å². The summed E-state index contributed by atoms with van der Waals surface area (Å²) in [5.74, 6) is 0.754. The summed E-state index contributed by atoms with van der Waals surface area (Å²) in [4.78, 5) is 16.1. The van der Waals surface area contributed by atoms with Crippen LogP contribution in [0.15, 0.2) is 42.6 Å². The zero-order valence-corrected chi connectivity index (χ0v) is 10.7. The van der Waals surface area contributed by atoms with E-state index in [-0.39, 0.29) is 5.91 Å². The Morgan fingerprint density at radius 2 is 2.17 bits per heavy atom. The summed E-state index contributed by atoms with van der Waals surface area (Å²) < 4.78 is 0. The molecule has 0 aliphatic rings. The maximum absolute atomic E-state index is 12.0. The number of carbonyl (C=O) groups is 1. The Morgan fingerprint density at radius 1 is 1.33 bits per heavy atom. The number of rotatable bonds is 3. The lowest BCUT2D eigenvalue weighted by molar-refractivity contribution is 0.102. The van der Waals surface area contributed by atoms with Gasteiger partial charge in [0.05, 0.1) is 0 Å². The molecule has 3 nitrogen and oxygen atoms in total. The van der Waals surface area contributed by atoms with Gasteiger partial charge >= 0.3 is 0 Å². The van der Waals surface area contributed by atoms with Crippen molar-refractivity contribution in [2.24, 2.45) is 0 Å². The van der Waals surface area contributed by atoms with Gasteiger partial charge in [0.1, 0.15) is 5.82 Å². The Morgan fingerprint density at radius 3 is 2.83 bits per heavy atom. The lowest BCUT2D eigenvalue weighted by atomic mass is 10.1. The van der Waals surface area contributed by atoms with E-state index in [2.05, 4.69) is 10.3 Å². The predicted octanol–water partition coefficient (Wildman–Crippen LogP) is 3.38. The fraction of sp³-hybridized carbons (Fsp3) is 0.143. The molecule has 1 heterocycles. The van der Waals surface area contributed by atoms with Gasteiger partial charge < -0.3 is 5.32 Å². The third-order valence-electron chi connectivity index (χ3n) is 2.50. The smallest absolute Gasteiger partial charge is 0.256 e. The summed E-state index contributed by atoms with van der Waals surface area (Å²) in [6.45, 7) is 1.95. The Bertz CT molecular complexity index is 552. The van der Waals surface area contributed by atoms with Crippen LogP contribution >= 0.6 is 11.6 Å². The normalized spacial score (nSPS) is 10.1. The summed E-state index contributed by atoms with van der Waals surface area (Å²) >= 11 is 5.74. The fourth-order valence-corrected chi connectivity index (χ4v) is 1.69. The van der Waals surface area contributed by atoms with E-state index in [1.807, 2.05) is 25.1 Å². The highest BCUT2D eigenvalue weighted by molar-refractivity contribution is 6.17. The van der Waals surface area contributed by atoms with Crippen molar-refractivity contribution >= 4 is 23.3 Å². The van der Waals surface area contributed by atoms with Crippen LogP contribution in [-0.4, -0.2) is 10.9 Å². The van der Waals surface area contributed by atoms with E-state index in [0.717, 1.165) is 11.1 Å². The highest BCUT2D eigenvalue weighted by Gasteiger charge is 2.06. The minimum absolute atomic E-state index is 0.182. The average Bonchev–Trinajstić information content (AvgIpc) is 2.41. The summed E-state index contributed by atoms with van der Waals surface area (Å²) in [7, 11) is 0. The van der Waals surface area contributed by atoms with E-state index < -0.39 is 0 Å². The SMILES string of the molecule is Cc1ccc(NC(=O)c2cccc(CCl)c2)nc1. The molecule has 0 spiro atoms. The molecule has 18 heavy (non-hydrogen) atoms. The predicted molar refractivity (Wildman–Crippen MR) is 72.9 cm³/mol. The summed E-state index contributed by atoms with van der Waals surface area (Å²) in [6, 6.07) is 10.9. The average molecular weight is 261 g/mol. The van der Waals surface area contributed by atoms with Gasteiger partial charge in [0.15, 0.2) is 0 Å². The largest absolute Gasteiger partial charge is 0.307 e. The zero-order chi connectivity index (χ0) is 13.0. The molecule has 0 saturated heterocycles. The third-order valence-corrected chi connectivity index (χ3v) is 2.81. The van der Waals surface area contributed by atoms with Crippen molar-refractivity contribution in [2.45, 2.75) is 12.8 Å². The molecular weight excluding hydrogens is 248 g/mol. The van der Waals surface area contributed by atoms with Crippen molar-refractivity contribution < 1.29 is 4.79 Å². The maximum Gasteiger partial charge on any atom is 0.256 e. The molecule has 92 valence electrons. The molecule has 0 unspecified atom stereocenters. The van der Waals surface area contributed by atoms with Crippen molar-refractivity contribution in [1.82, 2.24) is 4.98 Å². The van der Waals surface area contributed by atoms with Gasteiger partial charge in [0, 0.05) is 17.6 Å². The van der Waals surface area contributed by atoms with Gasteiger partial charge in [-0.15, -0.1) is 11.6 Å². The van der Waals surface area contributed by atoms with Crippen molar-refractivity contribution in [1.29, 1.82) is 0 Å². The number of hydrogen-bond acceptors (Lipinski definition) is 2. The minimum Gasteiger partial charge on any atom is -0.307 e. The molecule has 1 aromatic heterocycles. The first kappa shape index (κ1) is 12.6. The second-order valence-corrected chi connectivity index (χ2v) is 4.28. The second-order valence-electron chi connectivity index (χ2n) is 4.01. The standard InChI is InChI=1S/C14H13ClN2O/c1-10-5-6-13(16-9-10)17-14(18)12-4-2-3-11(7-12)8-15/h2-7,9H,8H2,1H3,(H,16,17,18). The summed E-state index contributed by atoms with van der Waals surface area (Å²) in [6.07, 6.45) is 1.71. The lowest BCUT2D eigenvalue weighted by Crippen LogP contribution is -2.13. The third kappa shape index (κ3) is 3.08. The van der Waals surface area contributed by atoms with Crippen molar-refractivity contribution in [3.63, 3.8) is 0 Å². The van der Waals surface area contributed by atoms with Gasteiger partial charge in [-0.2, -0.15) is 0 Å². The van der Waals surface area contributed by atoms with E-state index in [0.29, 0.717) is 17.3 Å². The number of halogens is 1. The van der Waals surface area contributed by atoms with Crippen LogP contribution in [0.25, 0.3) is 0 Å². The van der Waals surface area contributed by atoms with Gasteiger partial charge in [-0.3, -0.25) is 4.79 Å². The number of amides is 1. The van der Waals surface area contributed by atoms with Crippen molar-refractivity contribution in [3.8, 4) is 0 Å². The van der Waals surface area contributed by atoms with Gasteiger partial charge in [0.2, 0.25) is 0 Å². The molecule has 2 rings (SSSR count). The van der Waals surface area contributed by atoms with Crippen LogP contribution in [0, 0.1) is 6.92 Å². The van der Waals surface area contributed by atoms with Gasteiger partial charge in [-0.05, 0) is 36.2 Å². The van der Waals surface area contributed by atoms with Crippen LogP contribution < -0.4 is 5.32 Å². The molecule has 1 N–H and O–H groups in total. The highest BCUT2D eigenvalue weighted by Crippen LogP contribution is 2.10. The molecule has 0 fully saturated rings. The van der Waals surface area contributed by atoms with Crippen LogP contribution in [0.4, 0.5) is 5.82 Å². The quantitative estimate of drug-likeness (QED) is 0.860. The number of nitrogens with zero attached hydrogens (tertiary/aromatic N) is 1. The highest BCUT2D eigenvalue weighted by atomic mass is 35.5. The van der Waals surface area contributed by atoms with Crippen molar-refractivity contribution in [3.05, 3.63) is 59.3 Å². The second kappa shape index (κ2) is 5.65. The number of benzene rings is 1. The molecule has 0 atom stereocenters. The van der Waals surface area contributed by atoms with Gasteiger partial charge in [-0.1, -0.05) is 18.2 Å².